The number of rotatable bonds is 1. The summed E-state index contributed by atoms with van der Waals surface area (Å²) in [6, 6.07) is 0.636. The normalized spacial score (nSPS) is 11.8. The first-order chi connectivity index (χ1) is 5.82. The van der Waals surface area contributed by atoms with Crippen molar-refractivity contribution < 1.29 is 4.42 Å². The Morgan fingerprint density at radius 1 is 1.31 bits per heavy atom. The summed E-state index contributed by atoms with van der Waals surface area (Å²) >= 11 is 3.39. The molecule has 13 heavy (non-hydrogen) atoms. The van der Waals surface area contributed by atoms with Crippen LogP contribution in [0.4, 0.5) is 6.01 Å². The molecule has 0 fully saturated rings. The fourth-order valence-electron chi connectivity index (χ4n) is 0.945. The Morgan fingerprint density at radius 3 is 2.08 bits per heavy atom. The van der Waals surface area contributed by atoms with Crippen LogP contribution in [0.5, 0.6) is 0 Å². The standard InChI is InChI=1S/C9H15BrN2O/c1-9(2,3)6-7(10)11-8(13-6)12(4)5/h1-5H3. The SMILES string of the molecule is CN(C)c1nc(Br)c(C(C)(C)C)o1. The Labute approximate surface area is 87.3 Å². The number of hydrogen-bond acceptors (Lipinski definition) is 3. The second-order valence-electron chi connectivity index (χ2n) is 4.26. The van der Waals surface area contributed by atoms with Gasteiger partial charge in [-0.1, -0.05) is 20.8 Å². The minimum atomic E-state index is -0.0138. The van der Waals surface area contributed by atoms with Gasteiger partial charge in [0.25, 0.3) is 6.01 Å². The minimum Gasteiger partial charge on any atom is -0.427 e. The molecule has 4 heteroatoms. The van der Waals surface area contributed by atoms with E-state index in [1.165, 1.54) is 0 Å². The lowest BCUT2D eigenvalue weighted by molar-refractivity contribution is 0.408. The highest BCUT2D eigenvalue weighted by Crippen LogP contribution is 2.32. The van der Waals surface area contributed by atoms with E-state index >= 15 is 0 Å². The van der Waals surface area contributed by atoms with E-state index in [0.29, 0.717) is 6.01 Å². The van der Waals surface area contributed by atoms with Crippen molar-refractivity contribution in [3.8, 4) is 0 Å². The van der Waals surface area contributed by atoms with Gasteiger partial charge in [-0.2, -0.15) is 4.98 Å². The summed E-state index contributed by atoms with van der Waals surface area (Å²) in [7, 11) is 3.81. The quantitative estimate of drug-likeness (QED) is 0.764. The van der Waals surface area contributed by atoms with Crippen LogP contribution in [-0.4, -0.2) is 19.1 Å². The van der Waals surface area contributed by atoms with Crippen molar-refractivity contribution in [3.63, 3.8) is 0 Å². The van der Waals surface area contributed by atoms with Crippen molar-refractivity contribution in [1.82, 2.24) is 4.98 Å². The van der Waals surface area contributed by atoms with E-state index in [0.717, 1.165) is 10.4 Å². The topological polar surface area (TPSA) is 29.3 Å². The number of anilines is 1. The van der Waals surface area contributed by atoms with E-state index < -0.39 is 0 Å². The van der Waals surface area contributed by atoms with E-state index in [9.17, 15) is 0 Å². The van der Waals surface area contributed by atoms with E-state index in [1.807, 2.05) is 19.0 Å². The summed E-state index contributed by atoms with van der Waals surface area (Å²) in [6.07, 6.45) is 0. The maximum atomic E-state index is 5.61. The zero-order chi connectivity index (χ0) is 10.2. The molecule has 0 spiro atoms. The van der Waals surface area contributed by atoms with Gasteiger partial charge in [0.2, 0.25) is 0 Å². The Morgan fingerprint density at radius 2 is 1.85 bits per heavy atom. The third-order valence-corrected chi connectivity index (χ3v) is 2.18. The zero-order valence-corrected chi connectivity index (χ0v) is 10.3. The number of nitrogens with zero attached hydrogens (tertiary/aromatic N) is 2. The van der Waals surface area contributed by atoms with Crippen molar-refractivity contribution in [1.29, 1.82) is 0 Å². The van der Waals surface area contributed by atoms with Gasteiger partial charge in [-0.3, -0.25) is 0 Å². The minimum absolute atomic E-state index is 0.0138. The van der Waals surface area contributed by atoms with Crippen LogP contribution in [0, 0.1) is 0 Å². The summed E-state index contributed by atoms with van der Waals surface area (Å²) in [4.78, 5) is 6.10. The van der Waals surface area contributed by atoms with Gasteiger partial charge in [-0.15, -0.1) is 0 Å². The molecule has 0 unspecified atom stereocenters. The van der Waals surface area contributed by atoms with Crippen molar-refractivity contribution in [3.05, 3.63) is 10.4 Å². The van der Waals surface area contributed by atoms with Crippen molar-refractivity contribution in [2.75, 3.05) is 19.0 Å². The molecule has 0 saturated heterocycles. The lowest BCUT2D eigenvalue weighted by Crippen LogP contribution is -2.11. The Balaban J connectivity index is 3.11. The van der Waals surface area contributed by atoms with Crippen LogP contribution in [0.1, 0.15) is 26.5 Å². The molecule has 3 nitrogen and oxygen atoms in total. The molecule has 0 saturated carbocycles. The summed E-state index contributed by atoms with van der Waals surface area (Å²) in [5.41, 5.74) is -0.0138. The maximum absolute atomic E-state index is 5.61. The predicted octanol–water partition coefficient (Wildman–Crippen LogP) is 2.80. The lowest BCUT2D eigenvalue weighted by Gasteiger charge is -2.14. The first kappa shape index (κ1) is 10.6. The van der Waals surface area contributed by atoms with E-state index in [4.69, 9.17) is 4.42 Å². The monoisotopic (exact) mass is 246 g/mol. The molecular formula is C9H15BrN2O. The van der Waals surface area contributed by atoms with Gasteiger partial charge in [0.1, 0.15) is 5.76 Å². The third kappa shape index (κ3) is 2.24. The average molecular weight is 247 g/mol. The van der Waals surface area contributed by atoms with Gasteiger partial charge < -0.3 is 9.32 Å². The number of oxazole rings is 1. The number of halogens is 1. The first-order valence-electron chi connectivity index (χ1n) is 4.16. The van der Waals surface area contributed by atoms with Gasteiger partial charge >= 0.3 is 0 Å². The molecule has 0 bridgehead atoms. The molecule has 0 amide bonds. The molecule has 1 rings (SSSR count). The molecule has 1 aromatic rings. The van der Waals surface area contributed by atoms with Crippen LogP contribution in [0.15, 0.2) is 9.02 Å². The van der Waals surface area contributed by atoms with E-state index in [1.54, 1.807) is 0 Å². The van der Waals surface area contributed by atoms with E-state index in [2.05, 4.69) is 41.7 Å². The number of aromatic nitrogens is 1. The molecule has 0 aliphatic carbocycles. The van der Waals surface area contributed by atoms with Crippen molar-refractivity contribution >= 4 is 21.9 Å². The first-order valence-corrected chi connectivity index (χ1v) is 4.96. The Kier molecular flexibility index (Phi) is 2.71. The van der Waals surface area contributed by atoms with Gasteiger partial charge in [-0.05, 0) is 15.9 Å². The largest absolute Gasteiger partial charge is 0.427 e. The molecular weight excluding hydrogens is 232 g/mol. The highest BCUT2D eigenvalue weighted by Gasteiger charge is 2.24. The van der Waals surface area contributed by atoms with Crippen LogP contribution in [0.3, 0.4) is 0 Å². The fraction of sp³-hybridized carbons (Fsp3) is 0.667. The molecule has 0 atom stereocenters. The Hall–Kier alpha value is -0.510. The summed E-state index contributed by atoms with van der Waals surface area (Å²) in [5, 5.41) is 0. The van der Waals surface area contributed by atoms with Crippen LogP contribution in [0.25, 0.3) is 0 Å². The van der Waals surface area contributed by atoms with Gasteiger partial charge in [0.15, 0.2) is 4.60 Å². The smallest absolute Gasteiger partial charge is 0.298 e. The van der Waals surface area contributed by atoms with Crippen molar-refractivity contribution in [2.45, 2.75) is 26.2 Å². The molecule has 0 radical (unpaired) electrons. The lowest BCUT2D eigenvalue weighted by atomic mass is 9.94. The summed E-state index contributed by atoms with van der Waals surface area (Å²) in [6.45, 7) is 6.28. The van der Waals surface area contributed by atoms with Crippen LogP contribution < -0.4 is 4.90 Å². The Bertz CT molecular complexity index is 299. The molecule has 0 N–H and O–H groups in total. The van der Waals surface area contributed by atoms with Gasteiger partial charge in [-0.25, -0.2) is 0 Å². The number of hydrogen-bond donors (Lipinski definition) is 0. The molecule has 74 valence electrons. The highest BCUT2D eigenvalue weighted by molar-refractivity contribution is 9.10. The van der Waals surface area contributed by atoms with Crippen LogP contribution >= 0.6 is 15.9 Å². The van der Waals surface area contributed by atoms with Crippen molar-refractivity contribution in [2.24, 2.45) is 0 Å². The van der Waals surface area contributed by atoms with Gasteiger partial charge in [0.05, 0.1) is 0 Å². The van der Waals surface area contributed by atoms with Crippen LogP contribution in [0.2, 0.25) is 0 Å². The third-order valence-electron chi connectivity index (χ3n) is 1.64. The summed E-state index contributed by atoms with van der Waals surface area (Å²) < 4.78 is 6.40. The highest BCUT2D eigenvalue weighted by atomic mass is 79.9. The molecule has 0 aliphatic heterocycles. The van der Waals surface area contributed by atoms with Gasteiger partial charge in [0, 0.05) is 19.5 Å². The average Bonchev–Trinajstić information content (AvgIpc) is 2.29. The molecule has 0 aliphatic rings. The molecule has 1 heterocycles. The molecule has 0 aromatic carbocycles. The molecule has 1 aromatic heterocycles. The van der Waals surface area contributed by atoms with E-state index in [-0.39, 0.29) is 5.41 Å². The second-order valence-corrected chi connectivity index (χ2v) is 5.01. The summed E-state index contributed by atoms with van der Waals surface area (Å²) in [5.74, 6) is 0.885. The second kappa shape index (κ2) is 3.33. The zero-order valence-electron chi connectivity index (χ0n) is 8.68. The maximum Gasteiger partial charge on any atom is 0.298 e. The fourth-order valence-corrected chi connectivity index (χ4v) is 1.77. The van der Waals surface area contributed by atoms with Crippen LogP contribution in [-0.2, 0) is 5.41 Å². The predicted molar refractivity (Wildman–Crippen MR) is 57.2 cm³/mol.